The van der Waals surface area contributed by atoms with E-state index in [2.05, 4.69) is 15.0 Å². The third-order valence-electron chi connectivity index (χ3n) is 2.31. The number of hydrogen-bond acceptors (Lipinski definition) is 5. The Bertz CT molecular complexity index is 608. The van der Waals surface area contributed by atoms with E-state index in [0.29, 0.717) is 11.6 Å². The molecule has 0 fully saturated rings. The van der Waals surface area contributed by atoms with Gasteiger partial charge in [-0.1, -0.05) is 0 Å². The zero-order chi connectivity index (χ0) is 13.0. The van der Waals surface area contributed by atoms with E-state index in [-0.39, 0.29) is 11.4 Å². The van der Waals surface area contributed by atoms with E-state index < -0.39 is 10.0 Å². The molecular formula is C11H13N3O3S. The van der Waals surface area contributed by atoms with Gasteiger partial charge in [0.2, 0.25) is 10.0 Å². The average molecular weight is 267 g/mol. The summed E-state index contributed by atoms with van der Waals surface area (Å²) in [5.74, 6) is 1.05. The third-order valence-corrected chi connectivity index (χ3v) is 3.71. The Morgan fingerprint density at radius 2 is 2.22 bits per heavy atom. The highest BCUT2D eigenvalue weighted by Gasteiger charge is 2.14. The van der Waals surface area contributed by atoms with Crippen molar-refractivity contribution in [3.8, 4) is 0 Å². The van der Waals surface area contributed by atoms with Crippen molar-refractivity contribution in [2.45, 2.75) is 11.4 Å². The monoisotopic (exact) mass is 267 g/mol. The van der Waals surface area contributed by atoms with Crippen LogP contribution in [0.4, 0.5) is 5.82 Å². The lowest BCUT2D eigenvalue weighted by atomic mass is 10.5. The molecule has 18 heavy (non-hydrogen) atoms. The fourth-order valence-corrected chi connectivity index (χ4v) is 2.38. The van der Waals surface area contributed by atoms with Gasteiger partial charge >= 0.3 is 0 Å². The molecule has 0 aliphatic rings. The Balaban J connectivity index is 2.14. The second kappa shape index (κ2) is 5.19. The quantitative estimate of drug-likeness (QED) is 0.850. The van der Waals surface area contributed by atoms with Crippen LogP contribution in [0.3, 0.4) is 0 Å². The Kier molecular flexibility index (Phi) is 3.63. The van der Waals surface area contributed by atoms with Gasteiger partial charge in [-0.3, -0.25) is 0 Å². The first-order chi connectivity index (χ1) is 8.62. The molecule has 0 spiro atoms. The zero-order valence-electron chi connectivity index (χ0n) is 9.75. The number of aromatic nitrogens is 1. The van der Waals surface area contributed by atoms with Crippen LogP contribution in [0.1, 0.15) is 5.76 Å². The van der Waals surface area contributed by atoms with Crippen molar-refractivity contribution in [3.63, 3.8) is 0 Å². The Labute approximate surface area is 105 Å². The van der Waals surface area contributed by atoms with Crippen LogP contribution in [0.15, 0.2) is 46.0 Å². The Morgan fingerprint density at radius 1 is 1.39 bits per heavy atom. The summed E-state index contributed by atoms with van der Waals surface area (Å²) in [4.78, 5) is 4.12. The average Bonchev–Trinajstić information content (AvgIpc) is 2.90. The SMILES string of the molecule is CNc1cc(S(=O)(=O)NCc2ccco2)ccn1. The minimum absolute atomic E-state index is 0.118. The van der Waals surface area contributed by atoms with Crippen molar-refractivity contribution in [1.29, 1.82) is 0 Å². The molecule has 6 nitrogen and oxygen atoms in total. The molecule has 0 aliphatic heterocycles. The largest absolute Gasteiger partial charge is 0.468 e. The van der Waals surface area contributed by atoms with Gasteiger partial charge in [-0.15, -0.1) is 0 Å². The van der Waals surface area contributed by atoms with Crippen molar-refractivity contribution in [3.05, 3.63) is 42.5 Å². The number of pyridine rings is 1. The molecule has 2 aromatic rings. The number of sulfonamides is 1. The number of rotatable bonds is 5. The van der Waals surface area contributed by atoms with Crippen LogP contribution in [0.5, 0.6) is 0 Å². The summed E-state index contributed by atoms with van der Waals surface area (Å²) in [6, 6.07) is 6.30. The standard InChI is InChI=1S/C11H13N3O3S/c1-12-11-7-10(4-5-13-11)18(15,16)14-8-9-3-2-6-17-9/h2-7,14H,8H2,1H3,(H,12,13). The van der Waals surface area contributed by atoms with Crippen molar-refractivity contribution in [2.75, 3.05) is 12.4 Å². The van der Waals surface area contributed by atoms with E-state index in [0.717, 1.165) is 0 Å². The Hall–Kier alpha value is -1.86. The van der Waals surface area contributed by atoms with Crippen LogP contribution in [0.25, 0.3) is 0 Å². The topological polar surface area (TPSA) is 84.2 Å². The molecule has 0 radical (unpaired) electrons. The molecule has 0 bridgehead atoms. The fourth-order valence-electron chi connectivity index (χ4n) is 1.38. The van der Waals surface area contributed by atoms with Crippen LogP contribution >= 0.6 is 0 Å². The van der Waals surface area contributed by atoms with Gasteiger partial charge in [0.1, 0.15) is 11.6 Å². The van der Waals surface area contributed by atoms with E-state index in [4.69, 9.17) is 4.42 Å². The molecule has 0 saturated carbocycles. The molecule has 0 aliphatic carbocycles. The molecule has 2 N–H and O–H groups in total. The zero-order valence-corrected chi connectivity index (χ0v) is 10.6. The van der Waals surface area contributed by atoms with E-state index in [1.807, 2.05) is 0 Å². The van der Waals surface area contributed by atoms with Crippen molar-refractivity contribution in [1.82, 2.24) is 9.71 Å². The van der Waals surface area contributed by atoms with Crippen molar-refractivity contribution >= 4 is 15.8 Å². The van der Waals surface area contributed by atoms with Gasteiger partial charge in [0.05, 0.1) is 17.7 Å². The second-order valence-corrected chi connectivity index (χ2v) is 5.30. The number of hydrogen-bond donors (Lipinski definition) is 2. The molecule has 7 heteroatoms. The lowest BCUT2D eigenvalue weighted by Gasteiger charge is -2.06. The maximum atomic E-state index is 12.0. The van der Waals surface area contributed by atoms with Gasteiger partial charge in [0.25, 0.3) is 0 Å². The molecule has 0 atom stereocenters. The van der Waals surface area contributed by atoms with Crippen LogP contribution in [0.2, 0.25) is 0 Å². The first kappa shape index (κ1) is 12.6. The molecule has 0 saturated heterocycles. The Morgan fingerprint density at radius 3 is 2.89 bits per heavy atom. The molecule has 0 amide bonds. The van der Waals surface area contributed by atoms with Crippen LogP contribution in [-0.4, -0.2) is 20.4 Å². The molecular weight excluding hydrogens is 254 g/mol. The normalized spacial score (nSPS) is 11.4. The minimum atomic E-state index is -3.56. The smallest absolute Gasteiger partial charge is 0.241 e. The van der Waals surface area contributed by atoms with E-state index in [1.54, 1.807) is 19.2 Å². The molecule has 2 heterocycles. The summed E-state index contributed by atoms with van der Waals surface area (Å²) < 4.78 is 31.5. The van der Waals surface area contributed by atoms with Gasteiger partial charge in [-0.25, -0.2) is 18.1 Å². The van der Waals surface area contributed by atoms with Crippen LogP contribution in [-0.2, 0) is 16.6 Å². The summed E-state index contributed by atoms with van der Waals surface area (Å²) >= 11 is 0. The van der Waals surface area contributed by atoms with Crippen molar-refractivity contribution < 1.29 is 12.8 Å². The van der Waals surface area contributed by atoms with E-state index in [9.17, 15) is 8.42 Å². The molecule has 0 aromatic carbocycles. The maximum absolute atomic E-state index is 12.0. The minimum Gasteiger partial charge on any atom is -0.468 e. The first-order valence-corrected chi connectivity index (χ1v) is 6.76. The summed E-state index contributed by atoms with van der Waals surface area (Å²) in [6.45, 7) is 0.118. The summed E-state index contributed by atoms with van der Waals surface area (Å²) in [5, 5.41) is 2.79. The highest BCUT2D eigenvalue weighted by atomic mass is 32.2. The molecule has 2 aromatic heterocycles. The highest BCUT2D eigenvalue weighted by molar-refractivity contribution is 7.89. The molecule has 2 rings (SSSR count). The number of nitrogens with one attached hydrogen (secondary N) is 2. The predicted molar refractivity (Wildman–Crippen MR) is 66.5 cm³/mol. The van der Waals surface area contributed by atoms with E-state index >= 15 is 0 Å². The van der Waals surface area contributed by atoms with Gasteiger partial charge in [-0.05, 0) is 18.2 Å². The van der Waals surface area contributed by atoms with Crippen LogP contribution in [0, 0.1) is 0 Å². The second-order valence-electron chi connectivity index (χ2n) is 3.53. The van der Waals surface area contributed by atoms with Gasteiger partial charge in [0, 0.05) is 19.3 Å². The maximum Gasteiger partial charge on any atom is 0.241 e. The third kappa shape index (κ3) is 2.88. The molecule has 96 valence electrons. The summed E-state index contributed by atoms with van der Waals surface area (Å²) in [5.41, 5.74) is 0. The summed E-state index contributed by atoms with van der Waals surface area (Å²) in [7, 11) is -1.88. The summed E-state index contributed by atoms with van der Waals surface area (Å²) in [6.07, 6.45) is 2.93. The van der Waals surface area contributed by atoms with Crippen molar-refractivity contribution in [2.24, 2.45) is 0 Å². The number of nitrogens with zero attached hydrogens (tertiary/aromatic N) is 1. The predicted octanol–water partition coefficient (Wildman–Crippen LogP) is 1.19. The number of anilines is 1. The lowest BCUT2D eigenvalue weighted by Crippen LogP contribution is -2.23. The molecule has 0 unspecified atom stereocenters. The lowest BCUT2D eigenvalue weighted by molar-refractivity contribution is 0.498. The van der Waals surface area contributed by atoms with Gasteiger partial charge in [-0.2, -0.15) is 0 Å². The van der Waals surface area contributed by atoms with Gasteiger partial charge in [0.15, 0.2) is 0 Å². The first-order valence-electron chi connectivity index (χ1n) is 5.28. The van der Waals surface area contributed by atoms with Gasteiger partial charge < -0.3 is 9.73 Å². The fraction of sp³-hybridized carbons (Fsp3) is 0.182. The van der Waals surface area contributed by atoms with E-state index in [1.165, 1.54) is 24.6 Å². The highest BCUT2D eigenvalue weighted by Crippen LogP contribution is 2.12. The number of furan rings is 1. The van der Waals surface area contributed by atoms with Crippen LogP contribution < -0.4 is 10.0 Å².